The summed E-state index contributed by atoms with van der Waals surface area (Å²) >= 11 is 0. The molecule has 0 unspecified atom stereocenters. The molecule has 0 bridgehead atoms. The van der Waals surface area contributed by atoms with Crippen LogP contribution in [0.5, 0.6) is 11.5 Å². The van der Waals surface area contributed by atoms with Gasteiger partial charge >= 0.3 is 0 Å². The number of methoxy groups -OCH3 is 2. The Hall–Kier alpha value is -1.26. The zero-order valence-electron chi connectivity index (χ0n) is 14.3. The molecular formula is C16H27IN4O3. The molecule has 1 aromatic carbocycles. The van der Waals surface area contributed by atoms with Crippen molar-refractivity contribution in [2.24, 2.45) is 10.7 Å². The molecule has 0 aliphatic carbocycles. The van der Waals surface area contributed by atoms with Gasteiger partial charge in [-0.3, -0.25) is 9.89 Å². The van der Waals surface area contributed by atoms with Gasteiger partial charge < -0.3 is 25.3 Å². The molecule has 0 aromatic heterocycles. The van der Waals surface area contributed by atoms with E-state index in [4.69, 9.17) is 19.9 Å². The number of rotatable bonds is 7. The third kappa shape index (κ3) is 6.70. The minimum atomic E-state index is 0. The zero-order chi connectivity index (χ0) is 16.5. The lowest BCUT2D eigenvalue weighted by molar-refractivity contribution is 0.0377. The van der Waals surface area contributed by atoms with Gasteiger partial charge in [0, 0.05) is 37.9 Å². The average Bonchev–Trinajstić information content (AvgIpc) is 2.59. The van der Waals surface area contributed by atoms with E-state index in [1.54, 1.807) is 14.2 Å². The molecule has 1 heterocycles. The molecule has 1 aliphatic heterocycles. The smallest absolute Gasteiger partial charge is 0.193 e. The predicted octanol–water partition coefficient (Wildman–Crippen LogP) is 1.77. The first-order chi connectivity index (χ1) is 11.2. The van der Waals surface area contributed by atoms with Crippen molar-refractivity contribution in [3.63, 3.8) is 0 Å². The number of guanidine groups is 1. The molecule has 0 amide bonds. The first kappa shape index (κ1) is 20.8. The van der Waals surface area contributed by atoms with Crippen molar-refractivity contribution < 1.29 is 14.2 Å². The number of morpholine rings is 1. The maximum absolute atomic E-state index is 5.92. The Morgan fingerprint density at radius 1 is 1.25 bits per heavy atom. The van der Waals surface area contributed by atoms with Crippen LogP contribution >= 0.6 is 24.0 Å². The molecule has 7 nitrogen and oxygen atoms in total. The van der Waals surface area contributed by atoms with Gasteiger partial charge in [0.2, 0.25) is 0 Å². The van der Waals surface area contributed by atoms with Crippen molar-refractivity contribution in [2.45, 2.75) is 6.42 Å². The number of nitrogens with two attached hydrogens (primary N) is 1. The number of ether oxygens (including phenoxy) is 3. The molecule has 0 spiro atoms. The van der Waals surface area contributed by atoms with Gasteiger partial charge in [-0.25, -0.2) is 0 Å². The largest absolute Gasteiger partial charge is 0.493 e. The van der Waals surface area contributed by atoms with Crippen molar-refractivity contribution in [1.82, 2.24) is 4.90 Å². The van der Waals surface area contributed by atoms with E-state index < -0.39 is 0 Å². The normalized spacial score (nSPS) is 15.5. The Morgan fingerprint density at radius 2 is 1.96 bits per heavy atom. The number of anilines is 1. The van der Waals surface area contributed by atoms with Crippen molar-refractivity contribution in [2.75, 3.05) is 58.9 Å². The second kappa shape index (κ2) is 11.3. The zero-order valence-corrected chi connectivity index (χ0v) is 16.6. The van der Waals surface area contributed by atoms with E-state index in [1.165, 1.54) is 0 Å². The summed E-state index contributed by atoms with van der Waals surface area (Å²) in [6.45, 7) is 5.38. The summed E-state index contributed by atoms with van der Waals surface area (Å²) < 4.78 is 15.8. The number of benzene rings is 1. The Kier molecular flexibility index (Phi) is 9.80. The SMILES string of the molecule is COc1ccc(NC(N)=NCCCN2CCOCC2)cc1OC.I. The minimum Gasteiger partial charge on any atom is -0.493 e. The second-order valence-corrected chi connectivity index (χ2v) is 5.27. The number of nitrogens with zero attached hydrogens (tertiary/aromatic N) is 2. The summed E-state index contributed by atoms with van der Waals surface area (Å²) in [6, 6.07) is 5.53. The van der Waals surface area contributed by atoms with E-state index in [1.807, 2.05) is 18.2 Å². The number of hydrogen-bond acceptors (Lipinski definition) is 5. The highest BCUT2D eigenvalue weighted by Crippen LogP contribution is 2.29. The molecular weight excluding hydrogens is 423 g/mol. The topological polar surface area (TPSA) is 81.3 Å². The lowest BCUT2D eigenvalue weighted by atomic mass is 10.3. The van der Waals surface area contributed by atoms with Crippen molar-refractivity contribution in [3.05, 3.63) is 18.2 Å². The van der Waals surface area contributed by atoms with Crippen LogP contribution in [0, 0.1) is 0 Å². The van der Waals surface area contributed by atoms with Crippen LogP contribution in [0.2, 0.25) is 0 Å². The third-order valence-corrected chi connectivity index (χ3v) is 3.67. The molecule has 24 heavy (non-hydrogen) atoms. The van der Waals surface area contributed by atoms with Crippen LogP contribution in [0.4, 0.5) is 5.69 Å². The quantitative estimate of drug-likeness (QED) is 0.285. The molecule has 0 atom stereocenters. The Balaban J connectivity index is 0.00000288. The number of nitrogens with one attached hydrogen (secondary N) is 1. The van der Waals surface area contributed by atoms with E-state index in [9.17, 15) is 0 Å². The van der Waals surface area contributed by atoms with Gasteiger partial charge in [-0.2, -0.15) is 0 Å². The van der Waals surface area contributed by atoms with Crippen LogP contribution in [0.25, 0.3) is 0 Å². The highest BCUT2D eigenvalue weighted by Gasteiger charge is 2.09. The van der Waals surface area contributed by atoms with Crippen molar-refractivity contribution >= 4 is 35.6 Å². The number of aliphatic imine (C=N–C) groups is 1. The minimum absolute atomic E-state index is 0. The monoisotopic (exact) mass is 450 g/mol. The molecule has 2 rings (SSSR count). The summed E-state index contributed by atoms with van der Waals surface area (Å²) in [4.78, 5) is 6.74. The second-order valence-electron chi connectivity index (χ2n) is 5.27. The predicted molar refractivity (Wildman–Crippen MR) is 107 cm³/mol. The van der Waals surface area contributed by atoms with Crippen LogP contribution in [-0.2, 0) is 4.74 Å². The van der Waals surface area contributed by atoms with Gasteiger partial charge in [0.1, 0.15) is 0 Å². The van der Waals surface area contributed by atoms with Crippen LogP contribution in [0.15, 0.2) is 23.2 Å². The fourth-order valence-corrected chi connectivity index (χ4v) is 2.42. The third-order valence-electron chi connectivity index (χ3n) is 3.67. The molecule has 8 heteroatoms. The van der Waals surface area contributed by atoms with Crippen molar-refractivity contribution in [3.8, 4) is 11.5 Å². The van der Waals surface area contributed by atoms with E-state index >= 15 is 0 Å². The van der Waals surface area contributed by atoms with Gasteiger partial charge in [0.15, 0.2) is 17.5 Å². The maximum atomic E-state index is 5.92. The summed E-state index contributed by atoms with van der Waals surface area (Å²) in [6.07, 6.45) is 0.980. The van der Waals surface area contributed by atoms with Gasteiger partial charge in [-0.1, -0.05) is 0 Å². The average molecular weight is 450 g/mol. The lowest BCUT2D eigenvalue weighted by Gasteiger charge is -2.26. The molecule has 1 aromatic rings. The van der Waals surface area contributed by atoms with Crippen LogP contribution in [-0.4, -0.2) is 64.5 Å². The van der Waals surface area contributed by atoms with E-state index in [-0.39, 0.29) is 24.0 Å². The highest BCUT2D eigenvalue weighted by molar-refractivity contribution is 14.0. The Labute approximate surface area is 160 Å². The molecule has 1 fully saturated rings. The summed E-state index contributed by atoms with van der Waals surface area (Å²) in [5.41, 5.74) is 6.74. The fourth-order valence-electron chi connectivity index (χ4n) is 2.42. The van der Waals surface area contributed by atoms with Gasteiger partial charge in [-0.15, -0.1) is 24.0 Å². The molecule has 136 valence electrons. The Bertz CT molecular complexity index is 522. The van der Waals surface area contributed by atoms with Crippen LogP contribution in [0.1, 0.15) is 6.42 Å². The number of halogens is 1. The van der Waals surface area contributed by atoms with E-state index in [2.05, 4.69) is 15.2 Å². The fraction of sp³-hybridized carbons (Fsp3) is 0.562. The van der Waals surface area contributed by atoms with Gasteiger partial charge in [0.05, 0.1) is 27.4 Å². The summed E-state index contributed by atoms with van der Waals surface area (Å²) in [5.74, 6) is 1.73. The molecule has 0 saturated carbocycles. The van der Waals surface area contributed by atoms with E-state index in [0.29, 0.717) is 24.0 Å². The van der Waals surface area contributed by atoms with Crippen LogP contribution < -0.4 is 20.5 Å². The molecule has 0 radical (unpaired) electrons. The van der Waals surface area contributed by atoms with Gasteiger partial charge in [-0.05, 0) is 18.6 Å². The van der Waals surface area contributed by atoms with Crippen molar-refractivity contribution in [1.29, 1.82) is 0 Å². The number of hydrogen-bond donors (Lipinski definition) is 2. The standard InChI is InChI=1S/C16H26N4O3.HI/c1-21-14-5-4-13(12-15(14)22-2)19-16(17)18-6-3-7-20-8-10-23-11-9-20;/h4-5,12H,3,6-11H2,1-2H3,(H3,17,18,19);1H. The maximum Gasteiger partial charge on any atom is 0.193 e. The highest BCUT2D eigenvalue weighted by atomic mass is 127. The first-order valence-electron chi connectivity index (χ1n) is 7.82. The molecule has 3 N–H and O–H groups in total. The Morgan fingerprint density at radius 3 is 2.62 bits per heavy atom. The first-order valence-corrected chi connectivity index (χ1v) is 7.82. The summed E-state index contributed by atoms with van der Waals surface area (Å²) in [7, 11) is 3.21. The van der Waals surface area contributed by atoms with Gasteiger partial charge in [0.25, 0.3) is 0 Å². The molecule has 1 aliphatic rings. The van der Waals surface area contributed by atoms with Crippen LogP contribution in [0.3, 0.4) is 0 Å². The molecule has 1 saturated heterocycles. The summed E-state index contributed by atoms with van der Waals surface area (Å²) in [5, 5.41) is 3.06. The lowest BCUT2D eigenvalue weighted by Crippen LogP contribution is -2.37. The van der Waals surface area contributed by atoms with E-state index in [0.717, 1.165) is 45.0 Å².